The van der Waals surface area contributed by atoms with Crippen LogP contribution in [0.5, 0.6) is 0 Å². The average molecular weight is 439 g/mol. The van der Waals surface area contributed by atoms with Crippen LogP contribution < -0.4 is 9.62 Å². The van der Waals surface area contributed by atoms with Gasteiger partial charge in [-0.2, -0.15) is 0 Å². The SMILES string of the molecule is Cc1cccc(CNC(=O)CN(c2ccc([N+](=O)[O-])cc2)S(=O)(=O)c2ccccc2)c1. The third-order valence-corrected chi connectivity index (χ3v) is 6.33. The number of carbonyl (C=O) groups is 1. The van der Waals surface area contributed by atoms with Gasteiger partial charge in [-0.3, -0.25) is 19.2 Å². The zero-order chi connectivity index (χ0) is 22.4. The van der Waals surface area contributed by atoms with Gasteiger partial charge in [-0.1, -0.05) is 48.0 Å². The number of nitro benzene ring substituents is 1. The Bertz CT molecular complexity index is 1180. The molecule has 0 bridgehead atoms. The summed E-state index contributed by atoms with van der Waals surface area (Å²) in [5, 5.41) is 13.7. The van der Waals surface area contributed by atoms with Gasteiger partial charge in [0.15, 0.2) is 0 Å². The van der Waals surface area contributed by atoms with E-state index >= 15 is 0 Å². The van der Waals surface area contributed by atoms with E-state index in [1.165, 1.54) is 36.4 Å². The van der Waals surface area contributed by atoms with E-state index in [1.807, 2.05) is 31.2 Å². The molecule has 0 aliphatic rings. The molecule has 1 amide bonds. The molecule has 0 heterocycles. The minimum atomic E-state index is -4.07. The van der Waals surface area contributed by atoms with Crippen molar-refractivity contribution < 1.29 is 18.1 Å². The Morgan fingerprint density at radius 2 is 1.68 bits per heavy atom. The summed E-state index contributed by atoms with van der Waals surface area (Å²) in [6.45, 7) is 1.72. The largest absolute Gasteiger partial charge is 0.350 e. The maximum Gasteiger partial charge on any atom is 0.269 e. The topological polar surface area (TPSA) is 110 Å². The molecule has 0 aromatic heterocycles. The van der Waals surface area contributed by atoms with Crippen LogP contribution in [0.15, 0.2) is 83.8 Å². The number of non-ortho nitro benzene ring substituents is 1. The van der Waals surface area contributed by atoms with Crippen molar-refractivity contribution in [3.05, 3.63) is 100 Å². The van der Waals surface area contributed by atoms with E-state index in [0.29, 0.717) is 0 Å². The fourth-order valence-electron chi connectivity index (χ4n) is 2.98. The monoisotopic (exact) mass is 439 g/mol. The highest BCUT2D eigenvalue weighted by molar-refractivity contribution is 7.92. The number of sulfonamides is 1. The number of nitrogens with one attached hydrogen (secondary N) is 1. The molecule has 31 heavy (non-hydrogen) atoms. The maximum atomic E-state index is 13.2. The van der Waals surface area contributed by atoms with Gasteiger partial charge in [0.1, 0.15) is 6.54 Å². The van der Waals surface area contributed by atoms with Crippen molar-refractivity contribution in [1.82, 2.24) is 5.32 Å². The van der Waals surface area contributed by atoms with Crippen LogP contribution in [-0.2, 0) is 21.4 Å². The van der Waals surface area contributed by atoms with Crippen LogP contribution in [0.3, 0.4) is 0 Å². The summed E-state index contributed by atoms with van der Waals surface area (Å²) in [7, 11) is -4.07. The van der Waals surface area contributed by atoms with Crippen LogP contribution in [0.1, 0.15) is 11.1 Å². The number of rotatable bonds is 8. The molecule has 0 atom stereocenters. The molecule has 1 N–H and O–H groups in total. The number of nitro groups is 1. The lowest BCUT2D eigenvalue weighted by Gasteiger charge is -2.24. The lowest BCUT2D eigenvalue weighted by molar-refractivity contribution is -0.384. The van der Waals surface area contributed by atoms with E-state index in [0.717, 1.165) is 15.4 Å². The second-order valence-electron chi connectivity index (χ2n) is 6.86. The first-order valence-electron chi connectivity index (χ1n) is 9.42. The molecule has 0 fully saturated rings. The van der Waals surface area contributed by atoms with Crippen LogP contribution in [-0.4, -0.2) is 25.8 Å². The summed E-state index contributed by atoms with van der Waals surface area (Å²) in [6.07, 6.45) is 0. The summed E-state index contributed by atoms with van der Waals surface area (Å²) in [5.41, 5.74) is 1.91. The number of benzene rings is 3. The highest BCUT2D eigenvalue weighted by Crippen LogP contribution is 2.25. The molecule has 0 saturated carbocycles. The molecule has 3 rings (SSSR count). The Hall–Kier alpha value is -3.72. The minimum absolute atomic E-state index is 0.0137. The summed E-state index contributed by atoms with van der Waals surface area (Å²) in [6, 6.07) is 20.3. The Kier molecular flexibility index (Phi) is 6.66. The first-order valence-corrected chi connectivity index (χ1v) is 10.9. The number of amides is 1. The van der Waals surface area contributed by atoms with Gasteiger partial charge < -0.3 is 5.32 Å². The minimum Gasteiger partial charge on any atom is -0.350 e. The van der Waals surface area contributed by atoms with Gasteiger partial charge in [0.25, 0.3) is 15.7 Å². The third-order valence-electron chi connectivity index (χ3n) is 4.54. The zero-order valence-electron chi connectivity index (χ0n) is 16.8. The predicted octanol–water partition coefficient (Wildman–Crippen LogP) is 3.41. The lowest BCUT2D eigenvalue weighted by atomic mass is 10.1. The quantitative estimate of drug-likeness (QED) is 0.427. The summed E-state index contributed by atoms with van der Waals surface area (Å²) >= 11 is 0. The lowest BCUT2D eigenvalue weighted by Crippen LogP contribution is -2.40. The molecular formula is C22H21N3O5S. The summed E-state index contributed by atoms with van der Waals surface area (Å²) < 4.78 is 27.4. The van der Waals surface area contributed by atoms with Crippen LogP contribution in [0.25, 0.3) is 0 Å². The van der Waals surface area contributed by atoms with E-state index in [1.54, 1.807) is 18.2 Å². The fourth-order valence-corrected chi connectivity index (χ4v) is 4.43. The zero-order valence-corrected chi connectivity index (χ0v) is 17.6. The second-order valence-corrected chi connectivity index (χ2v) is 8.73. The Morgan fingerprint density at radius 1 is 1.00 bits per heavy atom. The number of hydrogen-bond acceptors (Lipinski definition) is 5. The smallest absolute Gasteiger partial charge is 0.269 e. The standard InChI is InChI=1S/C22H21N3O5S/c1-17-6-5-7-18(14-17)15-23-22(26)16-24(19-10-12-20(13-11-19)25(27)28)31(29,30)21-8-3-2-4-9-21/h2-14H,15-16H2,1H3,(H,23,26). The number of carbonyl (C=O) groups excluding carboxylic acids is 1. The number of aryl methyl sites for hydroxylation is 1. The van der Waals surface area contributed by atoms with Gasteiger partial charge in [0.2, 0.25) is 5.91 Å². The number of hydrogen-bond donors (Lipinski definition) is 1. The Morgan fingerprint density at radius 3 is 2.29 bits per heavy atom. The molecule has 0 radical (unpaired) electrons. The second kappa shape index (κ2) is 9.40. The molecular weight excluding hydrogens is 418 g/mol. The van der Waals surface area contributed by atoms with Gasteiger partial charge in [0.05, 0.1) is 15.5 Å². The van der Waals surface area contributed by atoms with Gasteiger partial charge in [-0.05, 0) is 36.8 Å². The molecule has 3 aromatic rings. The van der Waals surface area contributed by atoms with Crippen LogP contribution in [0, 0.1) is 17.0 Å². The van der Waals surface area contributed by atoms with Crippen molar-refractivity contribution in [2.75, 3.05) is 10.8 Å². The number of nitrogens with zero attached hydrogens (tertiary/aromatic N) is 2. The van der Waals surface area contributed by atoms with E-state index in [4.69, 9.17) is 0 Å². The van der Waals surface area contributed by atoms with Crippen molar-refractivity contribution in [3.63, 3.8) is 0 Å². The molecule has 0 spiro atoms. The highest BCUT2D eigenvalue weighted by atomic mass is 32.2. The third kappa shape index (κ3) is 5.46. The molecule has 0 unspecified atom stereocenters. The normalized spacial score (nSPS) is 11.0. The molecule has 160 valence electrons. The van der Waals surface area contributed by atoms with Gasteiger partial charge >= 0.3 is 0 Å². The van der Waals surface area contributed by atoms with E-state index in [2.05, 4.69) is 5.32 Å². The van der Waals surface area contributed by atoms with E-state index in [-0.39, 0.29) is 22.8 Å². The predicted molar refractivity (Wildman–Crippen MR) is 117 cm³/mol. The maximum absolute atomic E-state index is 13.2. The molecule has 9 heteroatoms. The van der Waals surface area contributed by atoms with Crippen molar-refractivity contribution in [1.29, 1.82) is 0 Å². The summed E-state index contributed by atoms with van der Waals surface area (Å²) in [4.78, 5) is 23.0. The summed E-state index contributed by atoms with van der Waals surface area (Å²) in [5.74, 6) is -0.501. The van der Waals surface area contributed by atoms with Crippen LogP contribution in [0.4, 0.5) is 11.4 Å². The van der Waals surface area contributed by atoms with Crippen LogP contribution >= 0.6 is 0 Å². The van der Waals surface area contributed by atoms with Gasteiger partial charge in [0, 0.05) is 18.7 Å². The Labute approximate surface area is 180 Å². The molecule has 8 nitrogen and oxygen atoms in total. The molecule has 0 aliphatic carbocycles. The van der Waals surface area contributed by atoms with Crippen molar-refractivity contribution >= 4 is 27.3 Å². The Balaban J connectivity index is 1.86. The van der Waals surface area contributed by atoms with Crippen molar-refractivity contribution in [2.24, 2.45) is 0 Å². The van der Waals surface area contributed by atoms with Crippen molar-refractivity contribution in [2.45, 2.75) is 18.4 Å². The highest BCUT2D eigenvalue weighted by Gasteiger charge is 2.27. The first-order chi connectivity index (χ1) is 14.8. The van der Waals surface area contributed by atoms with Crippen LogP contribution in [0.2, 0.25) is 0 Å². The first kappa shape index (κ1) is 22.0. The molecule has 3 aromatic carbocycles. The van der Waals surface area contributed by atoms with Crippen molar-refractivity contribution in [3.8, 4) is 0 Å². The fraction of sp³-hybridized carbons (Fsp3) is 0.136. The molecule has 0 aliphatic heterocycles. The average Bonchev–Trinajstić information content (AvgIpc) is 2.76. The molecule has 0 saturated heterocycles. The van der Waals surface area contributed by atoms with E-state index in [9.17, 15) is 23.3 Å². The van der Waals surface area contributed by atoms with Gasteiger partial charge in [-0.15, -0.1) is 0 Å². The number of anilines is 1. The van der Waals surface area contributed by atoms with Gasteiger partial charge in [-0.25, -0.2) is 8.42 Å². The van der Waals surface area contributed by atoms with E-state index < -0.39 is 27.4 Å².